The summed E-state index contributed by atoms with van der Waals surface area (Å²) in [6.07, 6.45) is 0. The van der Waals surface area contributed by atoms with E-state index in [9.17, 15) is 0 Å². The molecule has 0 aliphatic rings. The van der Waals surface area contributed by atoms with Gasteiger partial charge in [0.05, 0.1) is 27.6 Å². The van der Waals surface area contributed by atoms with Crippen molar-refractivity contribution in [2.24, 2.45) is 0 Å². The summed E-state index contributed by atoms with van der Waals surface area (Å²) in [6.45, 7) is 0. The Kier molecular flexibility index (Phi) is 5.84. The smallest absolute Gasteiger partial charge is 0.221 e. The zero-order valence-electron chi connectivity index (χ0n) is 26.0. The highest BCUT2D eigenvalue weighted by Gasteiger charge is 2.20. The first-order valence-corrected chi connectivity index (χ1v) is 16.3. The molecule has 48 heavy (non-hydrogen) atoms. The molecular formula is C44H28N4. The molecule has 0 bridgehead atoms. The minimum Gasteiger partial charge on any atom is -0.279 e. The lowest BCUT2D eigenvalue weighted by Crippen LogP contribution is -2.06. The Morgan fingerprint density at radius 2 is 0.875 bits per heavy atom. The van der Waals surface area contributed by atoms with Crippen LogP contribution in [0.4, 0.5) is 0 Å². The van der Waals surface area contributed by atoms with Gasteiger partial charge in [0.25, 0.3) is 0 Å². The quantitative estimate of drug-likeness (QED) is 0.198. The van der Waals surface area contributed by atoms with Crippen LogP contribution >= 0.6 is 0 Å². The van der Waals surface area contributed by atoms with Gasteiger partial charge in [0.2, 0.25) is 5.95 Å². The van der Waals surface area contributed by atoms with Crippen LogP contribution in [0.2, 0.25) is 0 Å². The molecule has 10 aromatic rings. The standard InChI is InChI=1S/C44H28N4/c1-3-13-29(14-4-1)32-25-33(30-15-5-2-6-16-30)27-34(26-32)31-23-24-41-37(28-31)35-17-8-11-21-40(35)47(41)44-46-38-19-9-7-18-36(38)43-45-39-20-10-12-22-42(39)48(43)44/h1-28H. The fourth-order valence-corrected chi connectivity index (χ4v) is 7.23. The van der Waals surface area contributed by atoms with E-state index in [0.717, 1.165) is 44.6 Å². The van der Waals surface area contributed by atoms with E-state index in [-0.39, 0.29) is 0 Å². The van der Waals surface area contributed by atoms with Crippen LogP contribution in [0.1, 0.15) is 0 Å². The SMILES string of the molecule is c1ccc(-c2cc(-c3ccccc3)cc(-c3ccc4c(c3)c3ccccc3n4-c3nc4ccccc4c4nc5ccccc5n34)c2)cc1. The number of benzene rings is 7. The Morgan fingerprint density at radius 3 is 1.58 bits per heavy atom. The van der Waals surface area contributed by atoms with Crippen LogP contribution in [-0.2, 0) is 0 Å². The van der Waals surface area contributed by atoms with Crippen LogP contribution < -0.4 is 0 Å². The highest BCUT2D eigenvalue weighted by molar-refractivity contribution is 6.11. The Bertz CT molecular complexity index is 2770. The van der Waals surface area contributed by atoms with E-state index in [2.05, 4.69) is 167 Å². The average Bonchev–Trinajstić information content (AvgIpc) is 3.71. The van der Waals surface area contributed by atoms with E-state index in [0.29, 0.717) is 0 Å². The molecule has 0 saturated carbocycles. The molecule has 3 aromatic heterocycles. The molecular weight excluding hydrogens is 585 g/mol. The maximum Gasteiger partial charge on any atom is 0.221 e. The summed E-state index contributed by atoms with van der Waals surface area (Å²) in [6, 6.07) is 60.3. The highest BCUT2D eigenvalue weighted by Crippen LogP contribution is 2.38. The van der Waals surface area contributed by atoms with Gasteiger partial charge in [-0.25, -0.2) is 9.97 Å². The number of hydrogen-bond donors (Lipinski definition) is 0. The minimum atomic E-state index is 0.828. The zero-order valence-corrected chi connectivity index (χ0v) is 26.0. The fraction of sp³-hybridized carbons (Fsp3) is 0. The number of nitrogens with zero attached hydrogens (tertiary/aromatic N) is 4. The molecule has 0 saturated heterocycles. The van der Waals surface area contributed by atoms with Crippen molar-refractivity contribution in [2.45, 2.75) is 0 Å². The van der Waals surface area contributed by atoms with Crippen molar-refractivity contribution in [3.63, 3.8) is 0 Å². The maximum absolute atomic E-state index is 5.33. The first-order chi connectivity index (χ1) is 23.8. The van der Waals surface area contributed by atoms with Crippen molar-refractivity contribution >= 4 is 49.4 Å². The number of aromatic nitrogens is 4. The summed E-state index contributed by atoms with van der Waals surface area (Å²) in [5, 5.41) is 3.40. The predicted molar refractivity (Wildman–Crippen MR) is 199 cm³/mol. The average molecular weight is 613 g/mol. The normalized spacial score (nSPS) is 11.8. The predicted octanol–water partition coefficient (Wildman–Crippen LogP) is 11.1. The van der Waals surface area contributed by atoms with Crippen molar-refractivity contribution < 1.29 is 0 Å². The van der Waals surface area contributed by atoms with E-state index in [1.165, 1.54) is 44.2 Å². The van der Waals surface area contributed by atoms with E-state index in [1.54, 1.807) is 0 Å². The Hall–Kier alpha value is -6.52. The first-order valence-electron chi connectivity index (χ1n) is 16.3. The van der Waals surface area contributed by atoms with Gasteiger partial charge in [-0.05, 0) is 94.0 Å². The fourth-order valence-electron chi connectivity index (χ4n) is 7.23. The highest BCUT2D eigenvalue weighted by atomic mass is 15.2. The maximum atomic E-state index is 5.33. The summed E-state index contributed by atoms with van der Waals surface area (Å²) in [7, 11) is 0. The summed E-state index contributed by atoms with van der Waals surface area (Å²) >= 11 is 0. The van der Waals surface area contributed by atoms with Crippen LogP contribution in [0, 0.1) is 0 Å². The number of fused-ring (bicyclic) bond motifs is 8. The van der Waals surface area contributed by atoms with E-state index < -0.39 is 0 Å². The summed E-state index contributed by atoms with van der Waals surface area (Å²) in [5.74, 6) is 0.828. The largest absolute Gasteiger partial charge is 0.279 e. The molecule has 0 atom stereocenters. The monoisotopic (exact) mass is 612 g/mol. The van der Waals surface area contributed by atoms with Crippen LogP contribution in [0.3, 0.4) is 0 Å². The Labute approximate surface area is 276 Å². The van der Waals surface area contributed by atoms with Crippen LogP contribution in [0.15, 0.2) is 170 Å². The molecule has 224 valence electrons. The van der Waals surface area contributed by atoms with Gasteiger partial charge in [-0.1, -0.05) is 109 Å². The van der Waals surface area contributed by atoms with E-state index >= 15 is 0 Å². The van der Waals surface area contributed by atoms with Gasteiger partial charge in [0.15, 0.2) is 0 Å². The lowest BCUT2D eigenvalue weighted by molar-refractivity contribution is 0.979. The molecule has 0 amide bonds. The molecule has 4 nitrogen and oxygen atoms in total. The second-order valence-corrected chi connectivity index (χ2v) is 12.3. The van der Waals surface area contributed by atoms with E-state index in [1.807, 2.05) is 12.1 Å². The van der Waals surface area contributed by atoms with Gasteiger partial charge in [-0.2, -0.15) is 0 Å². The third-order valence-corrected chi connectivity index (χ3v) is 9.48. The number of rotatable bonds is 4. The Balaban J connectivity index is 1.25. The van der Waals surface area contributed by atoms with Crippen LogP contribution in [0.5, 0.6) is 0 Å². The zero-order chi connectivity index (χ0) is 31.6. The molecule has 0 aliphatic heterocycles. The van der Waals surface area contributed by atoms with Crippen LogP contribution in [-0.4, -0.2) is 18.9 Å². The third kappa shape index (κ3) is 4.10. The summed E-state index contributed by atoms with van der Waals surface area (Å²) in [4.78, 5) is 10.4. The van der Waals surface area contributed by atoms with Crippen molar-refractivity contribution in [2.75, 3.05) is 0 Å². The lowest BCUT2D eigenvalue weighted by atomic mass is 9.93. The minimum absolute atomic E-state index is 0.828. The molecule has 10 rings (SSSR count). The number of imidazole rings is 1. The first kappa shape index (κ1) is 26.7. The van der Waals surface area contributed by atoms with Crippen molar-refractivity contribution in [3.05, 3.63) is 170 Å². The molecule has 3 heterocycles. The van der Waals surface area contributed by atoms with Crippen molar-refractivity contribution in [1.82, 2.24) is 18.9 Å². The molecule has 0 aliphatic carbocycles. The van der Waals surface area contributed by atoms with E-state index in [4.69, 9.17) is 9.97 Å². The van der Waals surface area contributed by atoms with Gasteiger partial charge in [-0.3, -0.25) is 8.97 Å². The topological polar surface area (TPSA) is 35.1 Å². The van der Waals surface area contributed by atoms with Gasteiger partial charge in [0, 0.05) is 16.2 Å². The number of hydrogen-bond acceptors (Lipinski definition) is 2. The Morgan fingerprint density at radius 1 is 0.333 bits per heavy atom. The third-order valence-electron chi connectivity index (χ3n) is 9.48. The van der Waals surface area contributed by atoms with Gasteiger partial charge >= 0.3 is 0 Å². The molecule has 0 N–H and O–H groups in total. The number of para-hydroxylation sites is 4. The summed E-state index contributed by atoms with van der Waals surface area (Å²) in [5.41, 5.74) is 13.2. The summed E-state index contributed by atoms with van der Waals surface area (Å²) < 4.78 is 4.52. The molecule has 0 radical (unpaired) electrons. The van der Waals surface area contributed by atoms with Gasteiger partial charge < -0.3 is 0 Å². The van der Waals surface area contributed by atoms with Crippen LogP contribution in [0.25, 0.3) is 88.7 Å². The van der Waals surface area contributed by atoms with Crippen molar-refractivity contribution in [1.29, 1.82) is 0 Å². The molecule has 0 fully saturated rings. The molecule has 4 heteroatoms. The molecule has 0 spiro atoms. The molecule has 7 aromatic carbocycles. The van der Waals surface area contributed by atoms with Crippen molar-refractivity contribution in [3.8, 4) is 39.3 Å². The van der Waals surface area contributed by atoms with Gasteiger partial charge in [0.1, 0.15) is 5.65 Å². The lowest BCUT2D eigenvalue weighted by Gasteiger charge is -2.13. The second-order valence-electron chi connectivity index (χ2n) is 12.3. The molecule has 0 unspecified atom stereocenters. The van der Waals surface area contributed by atoms with Gasteiger partial charge in [-0.15, -0.1) is 0 Å². The second kappa shape index (κ2) is 10.5.